The number of ether oxygens (including phenoxy) is 1. The van der Waals surface area contributed by atoms with Crippen LogP contribution in [-0.4, -0.2) is 13.7 Å². The lowest BCUT2D eigenvalue weighted by atomic mass is 10.2. The van der Waals surface area contributed by atoms with E-state index in [0.29, 0.717) is 6.61 Å². The van der Waals surface area contributed by atoms with Crippen LogP contribution in [-0.2, 0) is 17.9 Å². The molecule has 0 bridgehead atoms. The van der Waals surface area contributed by atoms with E-state index >= 15 is 0 Å². The summed E-state index contributed by atoms with van der Waals surface area (Å²) in [7, 11) is 1.93. The van der Waals surface area contributed by atoms with Crippen LogP contribution < -0.4 is 5.32 Å². The topological polar surface area (TPSA) is 34.4 Å². The Hall–Kier alpha value is -0.800. The van der Waals surface area contributed by atoms with Gasteiger partial charge in [0.05, 0.1) is 6.26 Å². The molecule has 1 rings (SSSR count). The summed E-state index contributed by atoms with van der Waals surface area (Å²) in [5, 5.41) is 3.11. The molecule has 0 aromatic carbocycles. The van der Waals surface area contributed by atoms with E-state index < -0.39 is 0 Å². The Morgan fingerprint density at radius 1 is 1.31 bits per heavy atom. The van der Waals surface area contributed by atoms with Crippen molar-refractivity contribution in [2.24, 2.45) is 0 Å². The van der Waals surface area contributed by atoms with Crippen LogP contribution in [0.2, 0.25) is 0 Å². The van der Waals surface area contributed by atoms with Gasteiger partial charge in [-0.05, 0) is 19.5 Å². The van der Waals surface area contributed by atoms with Crippen molar-refractivity contribution in [2.45, 2.75) is 45.8 Å². The standard InChI is InChI=1S/C13H23NO2/c1-3-4-5-6-8-15-11-13-12(10-14-2)7-9-16-13/h7,9,14H,3-6,8,10-11H2,1-2H3. The molecule has 0 saturated heterocycles. The summed E-state index contributed by atoms with van der Waals surface area (Å²) in [6, 6.07) is 1.99. The Morgan fingerprint density at radius 3 is 2.94 bits per heavy atom. The minimum atomic E-state index is 0.593. The van der Waals surface area contributed by atoms with Crippen molar-refractivity contribution in [3.05, 3.63) is 23.7 Å². The van der Waals surface area contributed by atoms with Gasteiger partial charge < -0.3 is 14.5 Å². The third kappa shape index (κ3) is 4.81. The molecule has 0 aliphatic rings. The molecule has 3 nitrogen and oxygen atoms in total. The second-order valence-corrected chi connectivity index (χ2v) is 4.01. The number of furan rings is 1. The lowest BCUT2D eigenvalue weighted by Crippen LogP contribution is -2.06. The van der Waals surface area contributed by atoms with Gasteiger partial charge in [-0.3, -0.25) is 0 Å². The first kappa shape index (κ1) is 13.3. The molecule has 0 amide bonds. The highest BCUT2D eigenvalue weighted by molar-refractivity contribution is 5.15. The summed E-state index contributed by atoms with van der Waals surface area (Å²) in [5.74, 6) is 0.949. The van der Waals surface area contributed by atoms with Crippen LogP contribution in [0.1, 0.15) is 43.9 Å². The van der Waals surface area contributed by atoms with Gasteiger partial charge in [-0.1, -0.05) is 26.2 Å². The third-order valence-corrected chi connectivity index (χ3v) is 2.58. The average Bonchev–Trinajstić information content (AvgIpc) is 2.72. The van der Waals surface area contributed by atoms with Crippen molar-refractivity contribution in [3.8, 4) is 0 Å². The van der Waals surface area contributed by atoms with Gasteiger partial charge in [-0.15, -0.1) is 0 Å². The van der Waals surface area contributed by atoms with E-state index in [-0.39, 0.29) is 0 Å². The minimum Gasteiger partial charge on any atom is -0.467 e. The first-order valence-electron chi connectivity index (χ1n) is 6.16. The molecule has 0 aliphatic carbocycles. The highest BCUT2D eigenvalue weighted by Crippen LogP contribution is 2.12. The van der Waals surface area contributed by atoms with E-state index in [1.54, 1.807) is 6.26 Å². The van der Waals surface area contributed by atoms with Crippen LogP contribution in [0.4, 0.5) is 0 Å². The molecule has 1 aromatic heterocycles. The average molecular weight is 225 g/mol. The quantitative estimate of drug-likeness (QED) is 0.656. The molecule has 0 fully saturated rings. The van der Waals surface area contributed by atoms with E-state index in [2.05, 4.69) is 12.2 Å². The molecular formula is C13H23NO2. The monoisotopic (exact) mass is 225 g/mol. The van der Waals surface area contributed by atoms with Gasteiger partial charge in [0.1, 0.15) is 12.4 Å². The number of hydrogen-bond acceptors (Lipinski definition) is 3. The predicted octanol–water partition coefficient (Wildman–Crippen LogP) is 3.10. The Balaban J connectivity index is 2.13. The van der Waals surface area contributed by atoms with Gasteiger partial charge in [0.15, 0.2) is 0 Å². The Bertz CT molecular complexity index is 271. The van der Waals surface area contributed by atoms with Gasteiger partial charge >= 0.3 is 0 Å². The van der Waals surface area contributed by atoms with Crippen LogP contribution >= 0.6 is 0 Å². The largest absolute Gasteiger partial charge is 0.467 e. The summed E-state index contributed by atoms with van der Waals surface area (Å²) in [4.78, 5) is 0. The normalized spacial score (nSPS) is 10.9. The van der Waals surface area contributed by atoms with Crippen LogP contribution in [0.3, 0.4) is 0 Å². The van der Waals surface area contributed by atoms with Crippen molar-refractivity contribution in [1.29, 1.82) is 0 Å². The van der Waals surface area contributed by atoms with E-state index in [9.17, 15) is 0 Å². The first-order valence-corrected chi connectivity index (χ1v) is 6.16. The van der Waals surface area contributed by atoms with Crippen molar-refractivity contribution < 1.29 is 9.15 Å². The SMILES string of the molecule is CCCCCCOCc1occc1CNC. The second kappa shape index (κ2) is 8.36. The van der Waals surface area contributed by atoms with E-state index in [4.69, 9.17) is 9.15 Å². The molecule has 16 heavy (non-hydrogen) atoms. The lowest BCUT2D eigenvalue weighted by molar-refractivity contribution is 0.102. The summed E-state index contributed by atoms with van der Waals surface area (Å²) >= 11 is 0. The highest BCUT2D eigenvalue weighted by atomic mass is 16.5. The number of hydrogen-bond donors (Lipinski definition) is 1. The molecule has 0 aliphatic heterocycles. The maximum Gasteiger partial charge on any atom is 0.133 e. The second-order valence-electron chi connectivity index (χ2n) is 4.01. The van der Waals surface area contributed by atoms with Gasteiger partial charge in [0.25, 0.3) is 0 Å². The van der Waals surface area contributed by atoms with E-state index in [0.717, 1.165) is 25.3 Å². The van der Waals surface area contributed by atoms with Crippen LogP contribution in [0.15, 0.2) is 16.7 Å². The van der Waals surface area contributed by atoms with Crippen LogP contribution in [0.25, 0.3) is 0 Å². The fourth-order valence-corrected chi connectivity index (χ4v) is 1.64. The van der Waals surface area contributed by atoms with Crippen molar-refractivity contribution in [2.75, 3.05) is 13.7 Å². The maximum absolute atomic E-state index is 5.59. The molecule has 0 atom stereocenters. The lowest BCUT2D eigenvalue weighted by Gasteiger charge is -2.04. The van der Waals surface area contributed by atoms with Crippen LogP contribution in [0.5, 0.6) is 0 Å². The fraction of sp³-hybridized carbons (Fsp3) is 0.692. The molecular weight excluding hydrogens is 202 g/mol. The predicted molar refractivity (Wildman–Crippen MR) is 65.3 cm³/mol. The van der Waals surface area contributed by atoms with Crippen molar-refractivity contribution in [1.82, 2.24) is 5.32 Å². The van der Waals surface area contributed by atoms with Crippen molar-refractivity contribution in [3.63, 3.8) is 0 Å². The molecule has 1 aromatic rings. The maximum atomic E-state index is 5.59. The Labute approximate surface area is 98.2 Å². The van der Waals surface area contributed by atoms with Crippen LogP contribution in [0, 0.1) is 0 Å². The molecule has 0 radical (unpaired) electrons. The number of nitrogens with one attached hydrogen (secondary N) is 1. The summed E-state index contributed by atoms with van der Waals surface area (Å²) < 4.78 is 11.0. The Kier molecular flexibility index (Phi) is 6.93. The van der Waals surface area contributed by atoms with Gasteiger partial charge in [-0.2, -0.15) is 0 Å². The molecule has 1 heterocycles. The fourth-order valence-electron chi connectivity index (χ4n) is 1.64. The van der Waals surface area contributed by atoms with Gasteiger partial charge in [0, 0.05) is 18.7 Å². The zero-order valence-corrected chi connectivity index (χ0v) is 10.4. The van der Waals surface area contributed by atoms with E-state index in [1.165, 1.54) is 24.8 Å². The third-order valence-electron chi connectivity index (χ3n) is 2.58. The summed E-state index contributed by atoms with van der Waals surface area (Å²) in [6.07, 6.45) is 6.70. The molecule has 3 heteroatoms. The summed E-state index contributed by atoms with van der Waals surface area (Å²) in [6.45, 7) is 4.48. The highest BCUT2D eigenvalue weighted by Gasteiger charge is 2.04. The number of rotatable bonds is 9. The zero-order chi connectivity index (χ0) is 11.6. The number of unbranched alkanes of at least 4 members (excludes halogenated alkanes) is 3. The zero-order valence-electron chi connectivity index (χ0n) is 10.4. The van der Waals surface area contributed by atoms with Gasteiger partial charge in [0.2, 0.25) is 0 Å². The van der Waals surface area contributed by atoms with Crippen molar-refractivity contribution >= 4 is 0 Å². The summed E-state index contributed by atoms with van der Waals surface area (Å²) in [5.41, 5.74) is 1.19. The first-order chi connectivity index (χ1) is 7.88. The Morgan fingerprint density at radius 2 is 2.19 bits per heavy atom. The molecule has 92 valence electrons. The minimum absolute atomic E-state index is 0.593. The smallest absolute Gasteiger partial charge is 0.133 e. The molecule has 1 N–H and O–H groups in total. The van der Waals surface area contributed by atoms with Gasteiger partial charge in [-0.25, -0.2) is 0 Å². The van der Waals surface area contributed by atoms with E-state index in [1.807, 2.05) is 13.1 Å². The molecule has 0 unspecified atom stereocenters. The molecule has 0 saturated carbocycles. The molecule has 0 spiro atoms.